The van der Waals surface area contributed by atoms with E-state index in [1.807, 2.05) is 33.8 Å². The number of nitrogens with zero attached hydrogens (tertiary/aromatic N) is 1. The normalized spacial score (nSPS) is 24.1. The molecule has 0 aromatic heterocycles. The number of rotatable bonds is 4. The van der Waals surface area contributed by atoms with Crippen LogP contribution in [0.3, 0.4) is 0 Å². The van der Waals surface area contributed by atoms with Crippen LogP contribution >= 0.6 is 0 Å². The zero-order valence-electron chi connectivity index (χ0n) is 21.6. The van der Waals surface area contributed by atoms with Crippen molar-refractivity contribution in [1.82, 2.24) is 5.32 Å². The molecule has 9 heteroatoms. The number of carbonyl (C=O) groups is 2. The Balaban J connectivity index is 1.80. The number of ether oxygens (including phenoxy) is 1. The van der Waals surface area contributed by atoms with Crippen LogP contribution in [0.2, 0.25) is 0 Å². The first-order chi connectivity index (χ1) is 16.6. The summed E-state index contributed by atoms with van der Waals surface area (Å²) in [5, 5.41) is 13.4. The minimum absolute atomic E-state index is 0.0226. The predicted octanol–water partition coefficient (Wildman–Crippen LogP) is 3.83. The maximum absolute atomic E-state index is 14.0. The molecule has 0 unspecified atom stereocenters. The Morgan fingerprint density at radius 3 is 2.31 bits per heavy atom. The zero-order chi connectivity index (χ0) is 26.7. The molecule has 1 heterocycles. The Morgan fingerprint density at radius 1 is 1.08 bits per heavy atom. The van der Waals surface area contributed by atoms with Gasteiger partial charge in [-0.15, -0.1) is 0 Å². The van der Waals surface area contributed by atoms with Crippen LogP contribution in [0.4, 0.5) is 5.69 Å². The Labute approximate surface area is 212 Å². The van der Waals surface area contributed by atoms with Gasteiger partial charge in [-0.2, -0.15) is 0 Å². The summed E-state index contributed by atoms with van der Waals surface area (Å²) >= 11 is 0. The summed E-state index contributed by atoms with van der Waals surface area (Å²) in [6.45, 7) is 9.19. The van der Waals surface area contributed by atoms with Gasteiger partial charge in [0.15, 0.2) is 0 Å². The van der Waals surface area contributed by atoms with Gasteiger partial charge in [-0.05, 0) is 90.1 Å². The van der Waals surface area contributed by atoms with Gasteiger partial charge in [-0.25, -0.2) is 12.7 Å². The van der Waals surface area contributed by atoms with Crippen molar-refractivity contribution < 1.29 is 27.9 Å². The van der Waals surface area contributed by atoms with Gasteiger partial charge < -0.3 is 15.2 Å². The minimum atomic E-state index is -4.37. The number of benzene rings is 2. The molecule has 0 bridgehead atoms. The van der Waals surface area contributed by atoms with Crippen LogP contribution in [-0.2, 0) is 20.2 Å². The van der Waals surface area contributed by atoms with Crippen molar-refractivity contribution in [1.29, 1.82) is 0 Å². The largest absolute Gasteiger partial charge is 0.495 e. The molecule has 1 aliphatic carbocycles. The highest BCUT2D eigenvalue weighted by atomic mass is 32.2. The monoisotopic (exact) mass is 514 g/mol. The summed E-state index contributed by atoms with van der Waals surface area (Å²) < 4.78 is 34.3. The number of aliphatic hydroxyl groups is 1. The van der Waals surface area contributed by atoms with Gasteiger partial charge in [0.2, 0.25) is 0 Å². The number of sulfonamides is 1. The number of carbonyl (C=O) groups excluding carboxylic acids is 2. The van der Waals surface area contributed by atoms with Gasteiger partial charge in [-0.1, -0.05) is 17.7 Å². The molecule has 1 spiro atoms. The van der Waals surface area contributed by atoms with E-state index >= 15 is 0 Å². The number of nitrogens with one attached hydrogen (secondary N) is 1. The molecule has 1 aliphatic heterocycles. The summed E-state index contributed by atoms with van der Waals surface area (Å²) in [5.74, 6) is -0.906. The molecule has 0 radical (unpaired) electrons. The van der Waals surface area contributed by atoms with Crippen LogP contribution in [0.5, 0.6) is 5.75 Å². The van der Waals surface area contributed by atoms with Gasteiger partial charge in [0.05, 0.1) is 23.8 Å². The molecule has 0 atom stereocenters. The number of hydrogen-bond donors (Lipinski definition) is 2. The smallest absolute Gasteiger partial charge is 0.274 e. The fourth-order valence-electron chi connectivity index (χ4n) is 5.10. The fraction of sp³-hybridized carbons (Fsp3) is 0.481. The van der Waals surface area contributed by atoms with Crippen molar-refractivity contribution in [3.63, 3.8) is 0 Å². The summed E-state index contributed by atoms with van der Waals surface area (Å²) in [4.78, 5) is 26.4. The number of anilines is 1. The summed E-state index contributed by atoms with van der Waals surface area (Å²) in [6.07, 6.45) is 1.48. The Morgan fingerprint density at radius 2 is 1.72 bits per heavy atom. The first kappa shape index (κ1) is 26.2. The second kappa shape index (κ2) is 8.59. The van der Waals surface area contributed by atoms with Crippen LogP contribution in [0, 0.1) is 6.92 Å². The van der Waals surface area contributed by atoms with Gasteiger partial charge in [0.1, 0.15) is 10.6 Å². The molecule has 0 saturated heterocycles. The van der Waals surface area contributed by atoms with Crippen molar-refractivity contribution in [2.45, 2.75) is 81.8 Å². The third-order valence-corrected chi connectivity index (χ3v) is 8.83. The van der Waals surface area contributed by atoms with Crippen LogP contribution in [-0.4, -0.2) is 43.6 Å². The quantitative estimate of drug-likeness (QED) is 0.641. The zero-order valence-corrected chi connectivity index (χ0v) is 22.5. The SMILES string of the molecule is COc1cc(C(=O)NC(C)(C)C)ccc1S(=O)(=O)N1C(=O)C2(CCC(C)(O)CC2)c2cc(C)ccc21. The number of fused-ring (bicyclic) bond motifs is 2. The van der Waals surface area contributed by atoms with Crippen molar-refractivity contribution in [3.8, 4) is 5.75 Å². The maximum Gasteiger partial charge on any atom is 0.274 e. The van der Waals surface area contributed by atoms with E-state index in [1.54, 1.807) is 19.1 Å². The van der Waals surface area contributed by atoms with E-state index in [-0.39, 0.29) is 22.1 Å². The highest BCUT2D eigenvalue weighted by Gasteiger charge is 2.57. The van der Waals surface area contributed by atoms with Crippen molar-refractivity contribution in [2.75, 3.05) is 11.4 Å². The van der Waals surface area contributed by atoms with E-state index in [2.05, 4.69) is 5.32 Å². The molecule has 2 amide bonds. The lowest BCUT2D eigenvalue weighted by Gasteiger charge is -2.39. The lowest BCUT2D eigenvalue weighted by Crippen LogP contribution is -2.47. The van der Waals surface area contributed by atoms with Crippen molar-refractivity contribution in [3.05, 3.63) is 53.1 Å². The molecule has 2 N–H and O–H groups in total. The van der Waals surface area contributed by atoms with Crippen LogP contribution in [0.25, 0.3) is 0 Å². The Kier molecular flexibility index (Phi) is 6.24. The van der Waals surface area contributed by atoms with Gasteiger partial charge >= 0.3 is 0 Å². The molecule has 4 rings (SSSR count). The average molecular weight is 515 g/mol. The fourth-order valence-corrected chi connectivity index (χ4v) is 6.74. The molecule has 2 aromatic carbocycles. The van der Waals surface area contributed by atoms with Crippen molar-refractivity contribution in [2.24, 2.45) is 0 Å². The van der Waals surface area contributed by atoms with Gasteiger partial charge in [-0.3, -0.25) is 9.59 Å². The lowest BCUT2D eigenvalue weighted by molar-refractivity contribution is -0.125. The second-order valence-electron chi connectivity index (χ2n) is 11.2. The van der Waals surface area contributed by atoms with Gasteiger partial charge in [0, 0.05) is 11.1 Å². The molecule has 36 heavy (non-hydrogen) atoms. The third-order valence-electron chi connectivity index (χ3n) is 7.09. The van der Waals surface area contributed by atoms with E-state index in [0.717, 1.165) is 9.87 Å². The summed E-state index contributed by atoms with van der Waals surface area (Å²) in [6, 6.07) is 9.42. The highest BCUT2D eigenvalue weighted by molar-refractivity contribution is 7.93. The first-order valence-electron chi connectivity index (χ1n) is 12.1. The van der Waals surface area contributed by atoms with E-state index in [1.165, 1.54) is 25.3 Å². The number of aryl methyl sites for hydroxylation is 1. The summed E-state index contributed by atoms with van der Waals surface area (Å²) in [5.41, 5.74) is -0.224. The first-order valence-corrected chi connectivity index (χ1v) is 13.5. The standard InChI is InChI=1S/C27H34N2O6S/c1-17-7-9-20-19(15-17)27(13-11-26(5,32)12-14-27)24(31)29(20)36(33,34)22-10-8-18(16-21(22)35-6)23(30)28-25(2,3)4/h7-10,15-16,32H,11-14H2,1-6H3,(H,28,30). The highest BCUT2D eigenvalue weighted by Crippen LogP contribution is 2.53. The lowest BCUT2D eigenvalue weighted by atomic mass is 9.66. The number of methoxy groups -OCH3 is 1. The molecular formula is C27H34N2O6S. The molecule has 2 aromatic rings. The molecule has 194 valence electrons. The Bertz CT molecular complexity index is 1330. The van der Waals surface area contributed by atoms with E-state index in [9.17, 15) is 23.1 Å². The van der Waals surface area contributed by atoms with E-state index in [4.69, 9.17) is 4.74 Å². The number of hydrogen-bond acceptors (Lipinski definition) is 6. The van der Waals surface area contributed by atoms with Crippen LogP contribution in [0.15, 0.2) is 41.3 Å². The van der Waals surface area contributed by atoms with Crippen molar-refractivity contribution >= 4 is 27.5 Å². The summed E-state index contributed by atoms with van der Waals surface area (Å²) in [7, 11) is -3.05. The predicted molar refractivity (Wildman–Crippen MR) is 137 cm³/mol. The van der Waals surface area contributed by atoms with Crippen LogP contribution in [0.1, 0.15) is 74.9 Å². The Hall–Kier alpha value is -2.91. The van der Waals surface area contributed by atoms with E-state index < -0.39 is 32.5 Å². The molecule has 1 saturated carbocycles. The van der Waals surface area contributed by atoms with E-state index in [0.29, 0.717) is 36.9 Å². The molecule has 8 nitrogen and oxygen atoms in total. The molecule has 1 fully saturated rings. The third kappa shape index (κ3) is 4.39. The molecule has 2 aliphatic rings. The maximum atomic E-state index is 14.0. The van der Waals surface area contributed by atoms with Crippen LogP contribution < -0.4 is 14.4 Å². The topological polar surface area (TPSA) is 113 Å². The average Bonchev–Trinajstić information content (AvgIpc) is 3.02. The minimum Gasteiger partial charge on any atom is -0.495 e. The number of amides is 2. The van der Waals surface area contributed by atoms with Gasteiger partial charge in [0.25, 0.3) is 21.8 Å². The second-order valence-corrected chi connectivity index (χ2v) is 13.0. The molecular weight excluding hydrogens is 480 g/mol.